The molecule has 0 unspecified atom stereocenters. The first-order valence-corrected chi connectivity index (χ1v) is 6.92. The molecule has 21 heavy (non-hydrogen) atoms. The molecule has 0 heterocycles. The number of aliphatic hydroxyl groups is 1. The van der Waals surface area contributed by atoms with E-state index in [0.29, 0.717) is 18.8 Å². The zero-order valence-corrected chi connectivity index (χ0v) is 12.0. The fourth-order valence-electron chi connectivity index (χ4n) is 2.18. The number of nitrogens with zero attached hydrogens (tertiary/aromatic N) is 1. The largest absolute Gasteiger partial charge is 0.384 e. The third kappa shape index (κ3) is 4.08. The molecule has 0 saturated carbocycles. The maximum atomic E-state index is 13.9. The lowest BCUT2D eigenvalue weighted by atomic mass is 10.1. The average Bonchev–Trinajstić information content (AvgIpc) is 2.52. The Morgan fingerprint density at radius 1 is 1.14 bits per heavy atom. The Bertz CT molecular complexity index is 658. The summed E-state index contributed by atoms with van der Waals surface area (Å²) in [6.45, 7) is 3.18. The van der Waals surface area contributed by atoms with Gasteiger partial charge in [-0.3, -0.25) is 0 Å². The Morgan fingerprint density at radius 2 is 1.95 bits per heavy atom. The molecule has 0 amide bonds. The molecule has 1 N–H and O–H groups in total. The van der Waals surface area contributed by atoms with Crippen LogP contribution in [0.2, 0.25) is 0 Å². The minimum atomic E-state index is -0.212. The molecule has 0 bridgehead atoms. The van der Waals surface area contributed by atoms with Crippen LogP contribution < -0.4 is 4.90 Å². The minimum absolute atomic E-state index is 0.152. The van der Waals surface area contributed by atoms with Crippen molar-refractivity contribution in [2.75, 3.05) is 18.1 Å². The van der Waals surface area contributed by atoms with Crippen molar-refractivity contribution < 1.29 is 9.50 Å². The number of anilines is 1. The summed E-state index contributed by atoms with van der Waals surface area (Å²) >= 11 is 0. The first-order valence-electron chi connectivity index (χ1n) is 6.92. The second-order valence-corrected chi connectivity index (χ2v) is 4.63. The van der Waals surface area contributed by atoms with Crippen LogP contribution in [-0.4, -0.2) is 18.3 Å². The number of benzene rings is 2. The van der Waals surface area contributed by atoms with Gasteiger partial charge < -0.3 is 10.0 Å². The highest BCUT2D eigenvalue weighted by Crippen LogP contribution is 2.20. The second kappa shape index (κ2) is 7.47. The molecule has 0 spiro atoms. The van der Waals surface area contributed by atoms with Crippen LogP contribution in [0.25, 0.3) is 0 Å². The van der Waals surface area contributed by atoms with Crippen molar-refractivity contribution in [1.29, 1.82) is 0 Å². The Kier molecular flexibility index (Phi) is 5.36. The van der Waals surface area contributed by atoms with E-state index in [2.05, 4.69) is 11.8 Å². The number of halogens is 1. The summed E-state index contributed by atoms with van der Waals surface area (Å²) in [6.07, 6.45) is 0. The van der Waals surface area contributed by atoms with Crippen LogP contribution in [-0.2, 0) is 6.54 Å². The van der Waals surface area contributed by atoms with E-state index in [1.165, 1.54) is 6.07 Å². The molecule has 108 valence electrons. The molecule has 2 aromatic rings. The maximum Gasteiger partial charge on any atom is 0.146 e. The second-order valence-electron chi connectivity index (χ2n) is 4.63. The molecule has 0 aliphatic heterocycles. The predicted molar refractivity (Wildman–Crippen MR) is 83.5 cm³/mol. The SMILES string of the molecule is CCN(Cc1cccc(C#CCO)c1)c1ccccc1F. The molecule has 0 atom stereocenters. The molecular formula is C18H18FNO. The van der Waals surface area contributed by atoms with Crippen molar-refractivity contribution in [2.24, 2.45) is 0 Å². The summed E-state index contributed by atoms with van der Waals surface area (Å²) < 4.78 is 13.9. The lowest BCUT2D eigenvalue weighted by Crippen LogP contribution is -2.23. The van der Waals surface area contributed by atoms with Gasteiger partial charge in [-0.2, -0.15) is 0 Å². The average molecular weight is 283 g/mol. The first kappa shape index (κ1) is 15.1. The molecule has 3 heteroatoms. The Hall–Kier alpha value is -2.31. The topological polar surface area (TPSA) is 23.5 Å². The molecule has 0 fully saturated rings. The van der Waals surface area contributed by atoms with Gasteiger partial charge in [0.2, 0.25) is 0 Å². The molecule has 0 aliphatic rings. The molecule has 0 radical (unpaired) electrons. The van der Waals surface area contributed by atoms with Crippen molar-refractivity contribution in [3.05, 3.63) is 65.5 Å². The molecule has 0 aliphatic carbocycles. The standard InChI is InChI=1S/C18H18FNO/c1-2-20(18-11-4-3-10-17(18)19)14-16-8-5-7-15(13-16)9-6-12-21/h3-5,7-8,10-11,13,21H,2,12,14H2,1H3. The van der Waals surface area contributed by atoms with E-state index in [-0.39, 0.29) is 12.4 Å². The van der Waals surface area contributed by atoms with E-state index >= 15 is 0 Å². The Morgan fingerprint density at radius 3 is 2.67 bits per heavy atom. The molecule has 2 nitrogen and oxygen atoms in total. The molecule has 2 aromatic carbocycles. The van der Waals surface area contributed by atoms with Gasteiger partial charge in [-0.05, 0) is 36.8 Å². The summed E-state index contributed by atoms with van der Waals surface area (Å²) in [6, 6.07) is 14.6. The van der Waals surface area contributed by atoms with Crippen LogP contribution in [0.5, 0.6) is 0 Å². The van der Waals surface area contributed by atoms with Crippen LogP contribution in [0.1, 0.15) is 18.1 Å². The first-order chi connectivity index (χ1) is 10.2. The lowest BCUT2D eigenvalue weighted by Gasteiger charge is -2.23. The third-order valence-electron chi connectivity index (χ3n) is 3.19. The van der Waals surface area contributed by atoms with Crippen molar-refractivity contribution in [3.63, 3.8) is 0 Å². The van der Waals surface area contributed by atoms with Crippen LogP contribution >= 0.6 is 0 Å². The lowest BCUT2D eigenvalue weighted by molar-refractivity contribution is 0.350. The van der Waals surface area contributed by atoms with Crippen molar-refractivity contribution in [1.82, 2.24) is 0 Å². The van der Waals surface area contributed by atoms with E-state index in [0.717, 1.165) is 11.1 Å². The summed E-state index contributed by atoms with van der Waals surface area (Å²) in [4.78, 5) is 1.98. The highest BCUT2D eigenvalue weighted by molar-refractivity contribution is 5.48. The fourth-order valence-corrected chi connectivity index (χ4v) is 2.18. The van der Waals surface area contributed by atoms with E-state index in [1.54, 1.807) is 12.1 Å². The van der Waals surface area contributed by atoms with Crippen molar-refractivity contribution in [2.45, 2.75) is 13.5 Å². The summed E-state index contributed by atoms with van der Waals surface area (Å²) in [5.41, 5.74) is 2.52. The van der Waals surface area contributed by atoms with Gasteiger partial charge in [-0.25, -0.2) is 4.39 Å². The fraction of sp³-hybridized carbons (Fsp3) is 0.222. The van der Waals surface area contributed by atoms with Crippen molar-refractivity contribution in [3.8, 4) is 11.8 Å². The number of para-hydroxylation sites is 1. The highest BCUT2D eigenvalue weighted by Gasteiger charge is 2.09. The highest BCUT2D eigenvalue weighted by atomic mass is 19.1. The number of hydrogen-bond donors (Lipinski definition) is 1. The summed E-state index contributed by atoms with van der Waals surface area (Å²) in [5.74, 6) is 5.30. The number of aliphatic hydroxyl groups excluding tert-OH is 1. The zero-order chi connectivity index (χ0) is 15.1. The van der Waals surface area contributed by atoms with Gasteiger partial charge in [0.15, 0.2) is 0 Å². The Labute approximate surface area is 124 Å². The smallest absolute Gasteiger partial charge is 0.146 e. The van der Waals surface area contributed by atoms with E-state index in [1.807, 2.05) is 42.2 Å². The number of hydrogen-bond acceptors (Lipinski definition) is 2. The van der Waals surface area contributed by atoms with E-state index in [4.69, 9.17) is 5.11 Å². The third-order valence-corrected chi connectivity index (χ3v) is 3.19. The normalized spacial score (nSPS) is 9.86. The van der Waals surface area contributed by atoms with Gasteiger partial charge in [0, 0.05) is 18.7 Å². The number of rotatable bonds is 4. The van der Waals surface area contributed by atoms with Crippen molar-refractivity contribution >= 4 is 5.69 Å². The quantitative estimate of drug-likeness (QED) is 0.871. The van der Waals surface area contributed by atoms with Crippen LogP contribution in [0, 0.1) is 17.7 Å². The summed E-state index contributed by atoms with van der Waals surface area (Å²) in [7, 11) is 0. The maximum absolute atomic E-state index is 13.9. The zero-order valence-electron chi connectivity index (χ0n) is 12.0. The van der Waals surface area contributed by atoms with Gasteiger partial charge >= 0.3 is 0 Å². The molecular weight excluding hydrogens is 265 g/mol. The monoisotopic (exact) mass is 283 g/mol. The van der Waals surface area contributed by atoms with Crippen LogP contribution in [0.3, 0.4) is 0 Å². The van der Waals surface area contributed by atoms with Gasteiger partial charge in [0.25, 0.3) is 0 Å². The van der Waals surface area contributed by atoms with E-state index in [9.17, 15) is 4.39 Å². The Balaban J connectivity index is 2.21. The predicted octanol–water partition coefficient (Wildman–Crippen LogP) is 3.20. The molecule has 2 rings (SSSR count). The van der Waals surface area contributed by atoms with Gasteiger partial charge in [0.05, 0.1) is 5.69 Å². The molecule has 0 saturated heterocycles. The van der Waals surface area contributed by atoms with Gasteiger partial charge in [-0.1, -0.05) is 36.1 Å². The van der Waals surface area contributed by atoms with Crippen LogP contribution in [0.15, 0.2) is 48.5 Å². The molecule has 0 aromatic heterocycles. The van der Waals surface area contributed by atoms with Crippen LogP contribution in [0.4, 0.5) is 10.1 Å². The summed E-state index contributed by atoms with van der Waals surface area (Å²) in [5, 5.41) is 8.74. The minimum Gasteiger partial charge on any atom is -0.384 e. The van der Waals surface area contributed by atoms with Gasteiger partial charge in [0.1, 0.15) is 12.4 Å². The van der Waals surface area contributed by atoms with E-state index < -0.39 is 0 Å². The van der Waals surface area contributed by atoms with Gasteiger partial charge in [-0.15, -0.1) is 0 Å².